The molecule has 8 nitrogen and oxygen atoms in total. The number of rotatable bonds is 8. The van der Waals surface area contributed by atoms with Gasteiger partial charge >= 0.3 is 11.9 Å². The Balaban J connectivity index is 1.64. The molecule has 3 aromatic rings. The quantitative estimate of drug-likeness (QED) is 0.398. The number of benzene rings is 2. The lowest BCUT2D eigenvalue weighted by atomic mass is 9.69. The minimum absolute atomic E-state index is 0.289. The molecule has 0 amide bonds. The number of carbonyl (C=O) groups is 2. The summed E-state index contributed by atoms with van der Waals surface area (Å²) in [7, 11) is 0. The standard InChI is InChI=1S/C24H24N4O4S/c25-24(21(31)32)16(11-14-7-3-1-4-8-14)19(33-22-26-13-27-28-22)17-18(20(29)30)23(17,24)12-15-9-5-2-6-10-15/h1-10,13,16-19H,11-12,25H2,(H,29,30)(H,31,32)(H,26,27,28)/t16?,17-,18-,19-,23-,24+/m0/s1. The molecule has 2 aliphatic rings. The molecule has 5 N–H and O–H groups in total. The van der Waals surface area contributed by atoms with Crippen molar-refractivity contribution in [3.8, 4) is 0 Å². The van der Waals surface area contributed by atoms with Crippen LogP contribution in [-0.4, -0.2) is 48.1 Å². The van der Waals surface area contributed by atoms with Crippen molar-refractivity contribution in [1.29, 1.82) is 0 Å². The molecule has 2 aliphatic carbocycles. The van der Waals surface area contributed by atoms with E-state index in [1.54, 1.807) is 0 Å². The molecule has 0 spiro atoms. The number of aromatic nitrogens is 3. The van der Waals surface area contributed by atoms with E-state index in [0.29, 0.717) is 11.6 Å². The lowest BCUT2D eigenvalue weighted by Crippen LogP contribution is -2.62. The van der Waals surface area contributed by atoms with Crippen molar-refractivity contribution >= 4 is 23.7 Å². The maximum atomic E-state index is 12.9. The summed E-state index contributed by atoms with van der Waals surface area (Å²) in [4.78, 5) is 28.3. The maximum absolute atomic E-state index is 12.9. The Labute approximate surface area is 194 Å². The summed E-state index contributed by atoms with van der Waals surface area (Å²) in [6.07, 6.45) is 2.17. The molecule has 5 rings (SSSR count). The summed E-state index contributed by atoms with van der Waals surface area (Å²) >= 11 is 1.35. The lowest BCUT2D eigenvalue weighted by molar-refractivity contribution is -0.150. The van der Waals surface area contributed by atoms with Crippen LogP contribution in [0.25, 0.3) is 0 Å². The Morgan fingerprint density at radius 1 is 1.03 bits per heavy atom. The van der Waals surface area contributed by atoms with Crippen LogP contribution in [0.5, 0.6) is 0 Å². The second kappa shape index (κ2) is 8.00. The van der Waals surface area contributed by atoms with Gasteiger partial charge in [-0.1, -0.05) is 72.4 Å². The van der Waals surface area contributed by atoms with Crippen molar-refractivity contribution in [2.45, 2.75) is 28.8 Å². The van der Waals surface area contributed by atoms with Crippen LogP contribution in [0.4, 0.5) is 0 Å². The van der Waals surface area contributed by atoms with Gasteiger partial charge in [0.05, 0.1) is 5.92 Å². The van der Waals surface area contributed by atoms with Crippen molar-refractivity contribution in [3.63, 3.8) is 0 Å². The number of hydrogen-bond acceptors (Lipinski definition) is 6. The number of thioether (sulfide) groups is 1. The highest BCUT2D eigenvalue weighted by molar-refractivity contribution is 7.99. The van der Waals surface area contributed by atoms with E-state index in [2.05, 4.69) is 15.2 Å². The number of hydrogen-bond donors (Lipinski definition) is 4. The fourth-order valence-electron chi connectivity index (χ4n) is 6.06. The molecular formula is C24H24N4O4S. The van der Waals surface area contributed by atoms with Gasteiger partial charge in [-0.3, -0.25) is 9.59 Å². The number of H-pyrrole nitrogens is 1. The summed E-state index contributed by atoms with van der Waals surface area (Å²) in [5.74, 6) is -3.94. The Morgan fingerprint density at radius 2 is 1.67 bits per heavy atom. The summed E-state index contributed by atoms with van der Waals surface area (Å²) in [5.41, 5.74) is 5.89. The highest BCUT2D eigenvalue weighted by Gasteiger charge is 2.87. The van der Waals surface area contributed by atoms with Crippen LogP contribution in [0.2, 0.25) is 0 Å². The summed E-state index contributed by atoms with van der Waals surface area (Å²) < 4.78 is 0. The number of nitrogens with one attached hydrogen (secondary N) is 1. The fourth-order valence-corrected chi connectivity index (χ4v) is 7.55. The van der Waals surface area contributed by atoms with Gasteiger partial charge in [-0.25, -0.2) is 0 Å². The van der Waals surface area contributed by atoms with Crippen LogP contribution < -0.4 is 5.73 Å². The number of carboxylic acids is 2. The van der Waals surface area contributed by atoms with E-state index < -0.39 is 40.6 Å². The molecule has 2 aromatic carbocycles. The first-order valence-corrected chi connectivity index (χ1v) is 11.6. The monoisotopic (exact) mass is 464 g/mol. The summed E-state index contributed by atoms with van der Waals surface area (Å²) in [5, 5.41) is 28.7. The Hall–Kier alpha value is -3.17. The average Bonchev–Trinajstić information content (AvgIpc) is 3.09. The van der Waals surface area contributed by atoms with Gasteiger partial charge in [0.15, 0.2) is 5.16 Å². The van der Waals surface area contributed by atoms with Crippen molar-refractivity contribution in [1.82, 2.24) is 15.2 Å². The van der Waals surface area contributed by atoms with Crippen molar-refractivity contribution in [2.75, 3.05) is 0 Å². The van der Waals surface area contributed by atoms with E-state index in [0.717, 1.165) is 11.1 Å². The number of aromatic amines is 1. The minimum Gasteiger partial charge on any atom is -0.481 e. The Morgan fingerprint density at radius 3 is 2.21 bits per heavy atom. The van der Waals surface area contributed by atoms with Crippen LogP contribution >= 0.6 is 11.8 Å². The van der Waals surface area contributed by atoms with Gasteiger partial charge < -0.3 is 20.9 Å². The van der Waals surface area contributed by atoms with E-state index in [1.807, 2.05) is 60.7 Å². The molecule has 170 valence electrons. The molecule has 1 aromatic heterocycles. The van der Waals surface area contributed by atoms with Gasteiger partial charge in [0.2, 0.25) is 0 Å². The molecule has 1 heterocycles. The molecular weight excluding hydrogens is 440 g/mol. The highest BCUT2D eigenvalue weighted by atomic mass is 32.2. The van der Waals surface area contributed by atoms with Gasteiger partial charge in [-0.15, -0.1) is 10.2 Å². The van der Waals surface area contributed by atoms with Gasteiger partial charge in [0.25, 0.3) is 0 Å². The number of nitrogens with two attached hydrogens (primary N) is 1. The molecule has 0 aliphatic heterocycles. The van der Waals surface area contributed by atoms with Crippen LogP contribution in [-0.2, 0) is 22.4 Å². The lowest BCUT2D eigenvalue weighted by Gasteiger charge is -2.39. The van der Waals surface area contributed by atoms with Crippen molar-refractivity contribution in [2.24, 2.45) is 28.9 Å². The van der Waals surface area contributed by atoms with E-state index >= 15 is 0 Å². The zero-order valence-corrected chi connectivity index (χ0v) is 18.5. The SMILES string of the molecule is N[C@@]1(C(=O)O)C(Cc2ccccc2)[C@H](Sc2nnc[nH]2)[C@@H]2[C@@H](C(=O)O)[C@]21Cc1ccccc1. The Bertz CT molecular complexity index is 1160. The molecule has 6 atom stereocenters. The van der Waals surface area contributed by atoms with E-state index in [9.17, 15) is 19.8 Å². The summed E-state index contributed by atoms with van der Waals surface area (Å²) in [6.45, 7) is 0. The molecule has 2 saturated carbocycles. The second-order valence-corrected chi connectivity index (χ2v) is 10.1. The van der Waals surface area contributed by atoms with Crippen LogP contribution in [0.3, 0.4) is 0 Å². The summed E-state index contributed by atoms with van der Waals surface area (Å²) in [6, 6.07) is 19.0. The van der Waals surface area contributed by atoms with E-state index in [-0.39, 0.29) is 11.7 Å². The molecule has 2 fully saturated rings. The third kappa shape index (κ3) is 3.26. The molecule has 0 radical (unpaired) electrons. The normalized spacial score (nSPS) is 32.3. The van der Waals surface area contributed by atoms with Gasteiger partial charge in [-0.05, 0) is 29.9 Å². The fraction of sp³-hybridized carbons (Fsp3) is 0.333. The predicted octanol–water partition coefficient (Wildman–Crippen LogP) is 2.48. The zero-order chi connectivity index (χ0) is 23.2. The highest BCUT2D eigenvalue weighted by Crippen LogP contribution is 2.77. The van der Waals surface area contributed by atoms with Gasteiger partial charge in [-0.2, -0.15) is 0 Å². The number of fused-ring (bicyclic) bond motifs is 1. The third-order valence-electron chi connectivity index (χ3n) is 7.41. The number of aliphatic carboxylic acids is 2. The zero-order valence-electron chi connectivity index (χ0n) is 17.7. The van der Waals surface area contributed by atoms with Gasteiger partial charge in [0, 0.05) is 16.6 Å². The number of nitrogens with zero attached hydrogens (tertiary/aromatic N) is 2. The maximum Gasteiger partial charge on any atom is 0.324 e. The van der Waals surface area contributed by atoms with Crippen LogP contribution in [0, 0.1) is 23.2 Å². The average molecular weight is 465 g/mol. The van der Waals surface area contributed by atoms with Crippen LogP contribution in [0.1, 0.15) is 11.1 Å². The largest absolute Gasteiger partial charge is 0.481 e. The Kier molecular flexibility index (Phi) is 5.25. The predicted molar refractivity (Wildman–Crippen MR) is 121 cm³/mol. The molecule has 0 bridgehead atoms. The molecule has 33 heavy (non-hydrogen) atoms. The van der Waals surface area contributed by atoms with Gasteiger partial charge in [0.1, 0.15) is 11.9 Å². The second-order valence-electron chi connectivity index (χ2n) is 8.89. The van der Waals surface area contributed by atoms with E-state index in [4.69, 9.17) is 5.73 Å². The first-order valence-electron chi connectivity index (χ1n) is 10.7. The van der Waals surface area contributed by atoms with Crippen molar-refractivity contribution in [3.05, 3.63) is 78.1 Å². The third-order valence-corrected chi connectivity index (χ3v) is 8.72. The molecule has 1 unspecified atom stereocenters. The minimum atomic E-state index is -1.73. The topological polar surface area (TPSA) is 142 Å². The van der Waals surface area contributed by atoms with Crippen LogP contribution in [0.15, 0.2) is 72.1 Å². The first-order chi connectivity index (χ1) is 15.9. The molecule has 9 heteroatoms. The van der Waals surface area contributed by atoms with Crippen molar-refractivity contribution < 1.29 is 19.8 Å². The number of carboxylic acid groups (broad SMARTS) is 2. The first kappa shape index (κ1) is 21.7. The van der Waals surface area contributed by atoms with E-state index in [1.165, 1.54) is 18.1 Å². The smallest absolute Gasteiger partial charge is 0.324 e. The molecule has 0 saturated heterocycles.